The number of anilines is 2. The Kier molecular flexibility index (Phi) is 10.3. The Labute approximate surface area is 233 Å². The highest BCUT2D eigenvalue weighted by Crippen LogP contribution is 2.42. The number of para-hydroxylation sites is 3. The van der Waals surface area contributed by atoms with E-state index in [0.717, 1.165) is 16.5 Å². The molecule has 10 nitrogen and oxygen atoms in total. The van der Waals surface area contributed by atoms with Gasteiger partial charge >= 0.3 is 0 Å². The first-order chi connectivity index (χ1) is 19.4. The number of nitrogens with zero attached hydrogens (tertiary/aromatic N) is 1. The zero-order valence-electron chi connectivity index (χ0n) is 22.9. The van der Waals surface area contributed by atoms with Crippen molar-refractivity contribution in [3.63, 3.8) is 0 Å². The maximum Gasteiger partial charge on any atom is 0.290 e. The van der Waals surface area contributed by atoms with Crippen molar-refractivity contribution >= 4 is 34.1 Å². The minimum absolute atomic E-state index is 0.0376. The predicted molar refractivity (Wildman–Crippen MR) is 152 cm³/mol. The predicted octanol–water partition coefficient (Wildman–Crippen LogP) is 3.91. The number of nitrogens with one attached hydrogen (secondary N) is 1. The van der Waals surface area contributed by atoms with Crippen molar-refractivity contribution in [3.05, 3.63) is 72.1 Å². The van der Waals surface area contributed by atoms with Crippen molar-refractivity contribution < 1.29 is 33.6 Å². The van der Waals surface area contributed by atoms with Crippen molar-refractivity contribution in [2.45, 2.75) is 32.5 Å². The number of aromatic nitrogens is 1. The van der Waals surface area contributed by atoms with Crippen LogP contribution in [-0.4, -0.2) is 67.4 Å². The van der Waals surface area contributed by atoms with E-state index in [4.69, 9.17) is 29.8 Å². The van der Waals surface area contributed by atoms with Crippen LogP contribution in [0.15, 0.2) is 66.6 Å². The lowest BCUT2D eigenvalue weighted by Gasteiger charge is -2.36. The summed E-state index contributed by atoms with van der Waals surface area (Å²) in [5, 5.41) is 12.6. The van der Waals surface area contributed by atoms with E-state index in [2.05, 4.69) is 5.32 Å². The first-order valence-electron chi connectivity index (χ1n) is 13.5. The van der Waals surface area contributed by atoms with E-state index in [9.17, 15) is 9.59 Å². The molecule has 40 heavy (non-hydrogen) atoms. The van der Waals surface area contributed by atoms with Gasteiger partial charge in [0.05, 0.1) is 43.3 Å². The largest absolute Gasteiger partial charge is 0.459 e. The number of hydrogen-bond donors (Lipinski definition) is 3. The molecule has 2 heterocycles. The summed E-state index contributed by atoms with van der Waals surface area (Å²) in [4.78, 5) is 25.9. The molecular weight excluding hydrogens is 514 g/mol. The number of benzene rings is 2. The van der Waals surface area contributed by atoms with Crippen molar-refractivity contribution in [3.8, 4) is 0 Å². The van der Waals surface area contributed by atoms with Crippen LogP contribution in [-0.2, 0) is 23.7 Å². The van der Waals surface area contributed by atoms with Crippen LogP contribution >= 0.6 is 0 Å². The molecule has 2 aromatic carbocycles. The van der Waals surface area contributed by atoms with E-state index in [1.165, 1.54) is 6.92 Å². The number of amides is 1. The zero-order valence-corrected chi connectivity index (χ0v) is 22.9. The summed E-state index contributed by atoms with van der Waals surface area (Å²) in [5.41, 5.74) is 8.64. The lowest BCUT2D eigenvalue weighted by Crippen LogP contribution is -2.38. The van der Waals surface area contributed by atoms with Crippen molar-refractivity contribution in [2.24, 2.45) is 5.92 Å². The third-order valence-electron chi connectivity index (χ3n) is 6.79. The van der Waals surface area contributed by atoms with Gasteiger partial charge < -0.3 is 35.1 Å². The maximum atomic E-state index is 13.4. The molecule has 214 valence electrons. The summed E-state index contributed by atoms with van der Waals surface area (Å²) in [7, 11) is 0. The normalized spacial score (nSPS) is 18.8. The third kappa shape index (κ3) is 6.89. The summed E-state index contributed by atoms with van der Waals surface area (Å²) in [6.45, 7) is 5.14. The van der Waals surface area contributed by atoms with Gasteiger partial charge in [0, 0.05) is 43.6 Å². The Morgan fingerprint density at radius 1 is 1.05 bits per heavy atom. The number of nitrogen functional groups attached to an aromatic ring is 1. The van der Waals surface area contributed by atoms with E-state index >= 15 is 0 Å². The van der Waals surface area contributed by atoms with Crippen LogP contribution in [0.25, 0.3) is 10.9 Å². The molecule has 0 saturated carbocycles. The fourth-order valence-electron chi connectivity index (χ4n) is 4.93. The number of ether oxygens (including phenoxy) is 4. The molecule has 0 fully saturated rings. The molecule has 0 spiro atoms. The van der Waals surface area contributed by atoms with Crippen LogP contribution < -0.4 is 11.1 Å². The molecule has 1 amide bonds. The Morgan fingerprint density at radius 2 is 1.77 bits per heavy atom. The average molecular weight is 552 g/mol. The number of hydrogen-bond acceptors (Lipinski definition) is 8. The number of fused-ring (bicyclic) bond motifs is 1. The van der Waals surface area contributed by atoms with E-state index in [0.29, 0.717) is 44.2 Å². The highest BCUT2D eigenvalue weighted by Gasteiger charge is 2.39. The second kappa shape index (κ2) is 14.1. The SMILES string of the molecule is CCO[C@@H]1OC(C(=O)Nc2ccccc2N)=C[C@H](c2cn(C(C)=O)c3ccccc23)[C@@H]1CCOCCOCCO. The lowest BCUT2D eigenvalue weighted by atomic mass is 9.81. The van der Waals surface area contributed by atoms with Gasteiger partial charge in [0.2, 0.25) is 12.2 Å². The van der Waals surface area contributed by atoms with Crippen molar-refractivity contribution in [1.29, 1.82) is 0 Å². The topological polar surface area (TPSA) is 134 Å². The molecule has 0 unspecified atom stereocenters. The summed E-state index contributed by atoms with van der Waals surface area (Å²) >= 11 is 0. The van der Waals surface area contributed by atoms with Gasteiger partial charge in [-0.15, -0.1) is 0 Å². The minimum atomic E-state index is -0.734. The van der Waals surface area contributed by atoms with E-state index < -0.39 is 12.2 Å². The van der Waals surface area contributed by atoms with Gasteiger partial charge in [-0.3, -0.25) is 14.2 Å². The molecule has 3 atom stereocenters. The molecule has 0 bridgehead atoms. The smallest absolute Gasteiger partial charge is 0.290 e. The van der Waals surface area contributed by atoms with Crippen molar-refractivity contribution in [2.75, 3.05) is 50.7 Å². The van der Waals surface area contributed by atoms with Gasteiger partial charge in [-0.25, -0.2) is 0 Å². The van der Waals surface area contributed by atoms with Gasteiger partial charge in [-0.2, -0.15) is 0 Å². The van der Waals surface area contributed by atoms with Crippen LogP contribution in [0, 0.1) is 5.92 Å². The molecule has 10 heteroatoms. The van der Waals surface area contributed by atoms with E-state index in [1.807, 2.05) is 37.4 Å². The molecular formula is C30H37N3O7. The number of carbonyl (C=O) groups excluding carboxylic acids is 2. The van der Waals surface area contributed by atoms with Gasteiger partial charge in [0.1, 0.15) is 0 Å². The highest BCUT2D eigenvalue weighted by atomic mass is 16.7. The molecule has 1 aliphatic heterocycles. The third-order valence-corrected chi connectivity index (χ3v) is 6.79. The molecule has 3 aromatic rings. The Bertz CT molecular complexity index is 1340. The van der Waals surface area contributed by atoms with E-state index in [-0.39, 0.29) is 36.7 Å². The standard InChI is InChI=1S/C30H37N3O7/c1-3-39-30-22(12-14-37-16-17-38-15-13-34)23(24-19-33(20(2)35)27-11-7-4-8-21(24)27)18-28(40-30)29(36)32-26-10-6-5-9-25(26)31/h4-11,18-19,22-23,30,34H,3,12-17,31H2,1-2H3,(H,32,36)/t22-,23-,30+/m0/s1. The Morgan fingerprint density at radius 3 is 2.50 bits per heavy atom. The Balaban J connectivity index is 1.68. The average Bonchev–Trinajstić information content (AvgIpc) is 3.34. The Hall–Kier alpha value is -3.70. The van der Waals surface area contributed by atoms with Crippen LogP contribution in [0.3, 0.4) is 0 Å². The monoisotopic (exact) mass is 551 g/mol. The number of aliphatic hydroxyl groups excluding tert-OH is 1. The molecule has 0 aliphatic carbocycles. The molecule has 0 saturated heterocycles. The summed E-state index contributed by atoms with van der Waals surface area (Å²) < 4.78 is 24.9. The summed E-state index contributed by atoms with van der Waals surface area (Å²) in [6.07, 6.45) is 3.46. The van der Waals surface area contributed by atoms with E-state index in [1.54, 1.807) is 34.9 Å². The molecule has 1 aromatic heterocycles. The minimum Gasteiger partial charge on any atom is -0.459 e. The molecule has 1 aliphatic rings. The van der Waals surface area contributed by atoms with Crippen molar-refractivity contribution in [1.82, 2.24) is 4.57 Å². The maximum absolute atomic E-state index is 13.4. The number of allylic oxidation sites excluding steroid dienone is 1. The van der Waals surface area contributed by atoms with Crippen LogP contribution in [0.2, 0.25) is 0 Å². The molecule has 0 radical (unpaired) electrons. The zero-order chi connectivity index (χ0) is 28.5. The summed E-state index contributed by atoms with van der Waals surface area (Å²) in [5.74, 6) is -0.985. The lowest BCUT2D eigenvalue weighted by molar-refractivity contribution is -0.166. The molecule has 4 rings (SSSR count). The number of nitrogens with two attached hydrogens (primary N) is 1. The number of rotatable bonds is 13. The first kappa shape index (κ1) is 29.3. The molecule has 4 N–H and O–H groups in total. The van der Waals surface area contributed by atoms with Gasteiger partial charge in [-0.05, 0) is 43.2 Å². The fourth-order valence-corrected chi connectivity index (χ4v) is 4.93. The van der Waals surface area contributed by atoms with Crippen LogP contribution in [0.1, 0.15) is 36.5 Å². The fraction of sp³-hybridized carbons (Fsp3) is 0.400. The number of aliphatic hydroxyl groups is 1. The highest BCUT2D eigenvalue weighted by molar-refractivity contribution is 6.04. The van der Waals surface area contributed by atoms with Gasteiger partial charge in [-0.1, -0.05) is 30.3 Å². The second-order valence-corrected chi connectivity index (χ2v) is 9.43. The quantitative estimate of drug-likeness (QED) is 0.215. The van der Waals surface area contributed by atoms with Gasteiger partial charge in [0.25, 0.3) is 5.91 Å². The number of carbonyl (C=O) groups is 2. The first-order valence-corrected chi connectivity index (χ1v) is 13.5. The van der Waals surface area contributed by atoms with Crippen LogP contribution in [0.5, 0.6) is 0 Å². The second-order valence-electron chi connectivity index (χ2n) is 9.43. The van der Waals surface area contributed by atoms with Crippen LogP contribution in [0.4, 0.5) is 11.4 Å². The summed E-state index contributed by atoms with van der Waals surface area (Å²) in [6, 6.07) is 14.7. The van der Waals surface area contributed by atoms with Gasteiger partial charge in [0.15, 0.2) is 5.76 Å².